The summed E-state index contributed by atoms with van der Waals surface area (Å²) in [6.07, 6.45) is 0.971. The van der Waals surface area contributed by atoms with Gasteiger partial charge in [0, 0.05) is 41.9 Å². The van der Waals surface area contributed by atoms with Crippen molar-refractivity contribution in [2.75, 3.05) is 17.3 Å². The van der Waals surface area contributed by atoms with E-state index in [-0.39, 0.29) is 15.8 Å². The third kappa shape index (κ3) is 4.35. The molecule has 0 aliphatic heterocycles. The van der Waals surface area contributed by atoms with E-state index in [1.807, 2.05) is 47.2 Å². The first kappa shape index (κ1) is 21.1. The van der Waals surface area contributed by atoms with Crippen molar-refractivity contribution in [3.8, 4) is 5.69 Å². The molecule has 0 spiro atoms. The van der Waals surface area contributed by atoms with Crippen molar-refractivity contribution in [1.82, 2.24) is 9.55 Å². The normalized spacial score (nSPS) is 11.5. The van der Waals surface area contributed by atoms with E-state index in [1.165, 1.54) is 12.1 Å². The van der Waals surface area contributed by atoms with Crippen LogP contribution in [0.15, 0.2) is 73.2 Å². The minimum absolute atomic E-state index is 0.205. The van der Waals surface area contributed by atoms with E-state index in [9.17, 15) is 13.2 Å². The molecular formula is C22H16ClF3N4S. The van der Waals surface area contributed by atoms with Crippen LogP contribution in [0.1, 0.15) is 5.56 Å². The Morgan fingerprint density at radius 2 is 1.84 bits per heavy atom. The maximum Gasteiger partial charge on any atom is 0.417 e. The highest BCUT2D eigenvalue weighted by atomic mass is 35.5. The Morgan fingerprint density at radius 3 is 2.55 bits per heavy atom. The molecule has 0 atom stereocenters. The number of alkyl halides is 3. The summed E-state index contributed by atoms with van der Waals surface area (Å²) >= 11 is 11.0. The van der Waals surface area contributed by atoms with E-state index in [0.29, 0.717) is 0 Å². The predicted molar refractivity (Wildman–Crippen MR) is 122 cm³/mol. The lowest BCUT2D eigenvalue weighted by Gasteiger charge is -2.22. The first-order valence-electron chi connectivity index (χ1n) is 9.17. The van der Waals surface area contributed by atoms with Crippen molar-refractivity contribution in [3.63, 3.8) is 0 Å². The lowest BCUT2D eigenvalue weighted by Crippen LogP contribution is -2.30. The van der Waals surface area contributed by atoms with Gasteiger partial charge in [0.15, 0.2) is 5.11 Å². The summed E-state index contributed by atoms with van der Waals surface area (Å²) in [6.45, 7) is 0. The number of rotatable bonds is 3. The van der Waals surface area contributed by atoms with Crippen LogP contribution in [0, 0.1) is 0 Å². The number of aromatic nitrogens is 2. The van der Waals surface area contributed by atoms with E-state index in [4.69, 9.17) is 23.8 Å². The van der Waals surface area contributed by atoms with Gasteiger partial charge in [0.2, 0.25) is 0 Å². The van der Waals surface area contributed by atoms with Crippen molar-refractivity contribution >= 4 is 51.2 Å². The van der Waals surface area contributed by atoms with E-state index < -0.39 is 11.7 Å². The molecule has 4 rings (SSSR count). The van der Waals surface area contributed by atoms with Gasteiger partial charge in [0.1, 0.15) is 0 Å². The van der Waals surface area contributed by atoms with Crippen LogP contribution < -0.4 is 10.2 Å². The van der Waals surface area contributed by atoms with Crippen LogP contribution in [0.4, 0.5) is 24.5 Å². The smallest absolute Gasteiger partial charge is 0.332 e. The van der Waals surface area contributed by atoms with Crippen LogP contribution in [0.2, 0.25) is 5.02 Å². The molecule has 158 valence electrons. The number of anilines is 2. The summed E-state index contributed by atoms with van der Waals surface area (Å²) < 4.78 is 41.3. The Bertz CT molecular complexity index is 1250. The molecule has 0 aliphatic rings. The Kier molecular flexibility index (Phi) is 5.60. The minimum Gasteiger partial charge on any atom is -0.332 e. The van der Waals surface area contributed by atoms with Gasteiger partial charge in [0.25, 0.3) is 0 Å². The monoisotopic (exact) mass is 460 g/mol. The lowest BCUT2D eigenvalue weighted by molar-refractivity contribution is -0.137. The fourth-order valence-electron chi connectivity index (χ4n) is 3.18. The van der Waals surface area contributed by atoms with Crippen LogP contribution in [0.25, 0.3) is 16.6 Å². The molecule has 2 aromatic heterocycles. The maximum atomic E-state index is 13.1. The largest absolute Gasteiger partial charge is 0.417 e. The van der Waals surface area contributed by atoms with Gasteiger partial charge in [-0.05, 0) is 66.8 Å². The summed E-state index contributed by atoms with van der Waals surface area (Å²) in [4.78, 5) is 5.85. The van der Waals surface area contributed by atoms with Crippen LogP contribution in [-0.2, 0) is 6.18 Å². The number of thiocarbonyl (C=S) groups is 1. The van der Waals surface area contributed by atoms with Crippen molar-refractivity contribution in [1.29, 1.82) is 0 Å². The zero-order chi connectivity index (χ0) is 22.2. The first-order chi connectivity index (χ1) is 14.7. The van der Waals surface area contributed by atoms with Gasteiger partial charge in [-0.1, -0.05) is 11.6 Å². The molecular weight excluding hydrogens is 445 g/mol. The highest BCUT2D eigenvalue weighted by Gasteiger charge is 2.33. The SMILES string of the molecule is CN(C(=S)Nc1ccc(Cl)c(C(F)(F)F)c1)c1ccc(-n2ccc3ccncc32)cc1. The topological polar surface area (TPSA) is 33.1 Å². The highest BCUT2D eigenvalue weighted by Crippen LogP contribution is 2.36. The molecule has 31 heavy (non-hydrogen) atoms. The Labute approximate surface area is 186 Å². The van der Waals surface area contributed by atoms with Gasteiger partial charge in [-0.3, -0.25) is 4.98 Å². The molecule has 9 heteroatoms. The minimum atomic E-state index is -4.55. The summed E-state index contributed by atoms with van der Waals surface area (Å²) in [5.41, 5.74) is 2.01. The highest BCUT2D eigenvalue weighted by molar-refractivity contribution is 7.80. The Hall–Kier alpha value is -3.10. The number of halogens is 4. The molecule has 2 heterocycles. The van der Waals surface area contributed by atoms with E-state index in [1.54, 1.807) is 24.3 Å². The number of hydrogen-bond donors (Lipinski definition) is 1. The van der Waals surface area contributed by atoms with Crippen LogP contribution in [0.3, 0.4) is 0 Å². The summed E-state index contributed by atoms with van der Waals surface area (Å²) in [7, 11) is 1.74. The van der Waals surface area contributed by atoms with Crippen molar-refractivity contribution < 1.29 is 13.2 Å². The lowest BCUT2D eigenvalue weighted by atomic mass is 10.2. The van der Waals surface area contributed by atoms with Crippen LogP contribution >= 0.6 is 23.8 Å². The van der Waals surface area contributed by atoms with Gasteiger partial charge < -0.3 is 14.8 Å². The number of hydrogen-bond acceptors (Lipinski definition) is 2. The van der Waals surface area contributed by atoms with E-state index in [0.717, 1.165) is 28.3 Å². The van der Waals surface area contributed by atoms with Crippen molar-refractivity contribution in [2.24, 2.45) is 0 Å². The summed E-state index contributed by atoms with van der Waals surface area (Å²) in [6, 6.07) is 15.2. The average molecular weight is 461 g/mol. The standard InChI is InChI=1S/C22H16ClF3N4S/c1-29(21(31)28-15-2-7-19(23)18(12-15)22(24,25)26)16-3-5-17(6-4-16)30-11-9-14-8-10-27-13-20(14)30/h2-13H,1H3,(H,28,31). The summed E-state index contributed by atoms with van der Waals surface area (Å²) in [5, 5.41) is 3.81. The van der Waals surface area contributed by atoms with Crippen molar-refractivity contribution in [2.45, 2.75) is 6.18 Å². The van der Waals surface area contributed by atoms with Gasteiger partial charge in [-0.2, -0.15) is 13.2 Å². The third-order valence-corrected chi connectivity index (χ3v) is 5.54. The molecule has 0 bridgehead atoms. The van der Waals surface area contributed by atoms with E-state index >= 15 is 0 Å². The predicted octanol–water partition coefficient (Wildman–Crippen LogP) is 6.53. The molecule has 0 saturated carbocycles. The molecule has 4 nitrogen and oxygen atoms in total. The van der Waals surface area contributed by atoms with Crippen molar-refractivity contribution in [3.05, 3.63) is 83.8 Å². The average Bonchev–Trinajstić information content (AvgIpc) is 3.18. The Morgan fingerprint density at radius 1 is 1.10 bits per heavy atom. The number of nitrogens with zero attached hydrogens (tertiary/aromatic N) is 3. The molecule has 0 aliphatic carbocycles. The second-order valence-corrected chi connectivity index (χ2v) is 7.61. The number of nitrogens with one attached hydrogen (secondary N) is 1. The third-order valence-electron chi connectivity index (χ3n) is 4.84. The molecule has 0 radical (unpaired) electrons. The molecule has 0 saturated heterocycles. The van der Waals surface area contributed by atoms with Gasteiger partial charge in [-0.25, -0.2) is 0 Å². The Balaban J connectivity index is 1.52. The molecule has 0 unspecified atom stereocenters. The van der Waals surface area contributed by atoms with Crippen LogP contribution in [0.5, 0.6) is 0 Å². The van der Waals surface area contributed by atoms with Crippen LogP contribution in [-0.4, -0.2) is 21.7 Å². The first-order valence-corrected chi connectivity index (χ1v) is 9.95. The molecule has 4 aromatic rings. The zero-order valence-electron chi connectivity index (χ0n) is 16.2. The number of pyridine rings is 1. The van der Waals surface area contributed by atoms with E-state index in [2.05, 4.69) is 10.3 Å². The second kappa shape index (κ2) is 8.20. The summed E-state index contributed by atoms with van der Waals surface area (Å²) in [5.74, 6) is 0. The van der Waals surface area contributed by atoms with Gasteiger partial charge >= 0.3 is 6.18 Å². The fraction of sp³-hybridized carbons (Fsp3) is 0.0909. The maximum absolute atomic E-state index is 13.1. The molecule has 0 fully saturated rings. The number of benzene rings is 2. The quantitative estimate of drug-likeness (QED) is 0.352. The molecule has 2 aromatic carbocycles. The van der Waals surface area contributed by atoms with Gasteiger partial charge in [-0.15, -0.1) is 0 Å². The molecule has 1 N–H and O–H groups in total. The fourth-order valence-corrected chi connectivity index (χ4v) is 3.63. The van der Waals surface area contributed by atoms with Gasteiger partial charge in [0.05, 0.1) is 22.3 Å². The zero-order valence-corrected chi connectivity index (χ0v) is 17.8. The molecule has 0 amide bonds. The number of fused-ring (bicyclic) bond motifs is 1. The second-order valence-electron chi connectivity index (χ2n) is 6.82.